The van der Waals surface area contributed by atoms with Crippen molar-refractivity contribution in [2.24, 2.45) is 5.92 Å². The van der Waals surface area contributed by atoms with Crippen LogP contribution in [0.1, 0.15) is 17.9 Å². The molecule has 0 saturated heterocycles. The molecule has 4 rings (SSSR count). The van der Waals surface area contributed by atoms with Crippen molar-refractivity contribution in [3.8, 4) is 5.75 Å². The summed E-state index contributed by atoms with van der Waals surface area (Å²) in [7, 11) is 0. The molecular weight excluding hydrogens is 357 g/mol. The molecular formula is C20H15F3N2O2. The molecule has 27 heavy (non-hydrogen) atoms. The molecule has 3 aromatic rings. The molecule has 0 bridgehead atoms. The van der Waals surface area contributed by atoms with Gasteiger partial charge >= 0.3 is 6.36 Å². The van der Waals surface area contributed by atoms with E-state index in [1.165, 1.54) is 12.1 Å². The highest BCUT2D eigenvalue weighted by Gasteiger charge is 2.46. The summed E-state index contributed by atoms with van der Waals surface area (Å²) in [6.07, 6.45) is -2.65. The summed E-state index contributed by atoms with van der Waals surface area (Å²) in [6.45, 7) is 0. The van der Waals surface area contributed by atoms with Crippen LogP contribution in [-0.2, 0) is 4.79 Å². The predicted octanol–water partition coefficient (Wildman–Crippen LogP) is 4.88. The molecule has 1 N–H and O–H groups in total. The fourth-order valence-electron chi connectivity index (χ4n) is 3.26. The maximum atomic E-state index is 12.6. The number of pyridine rings is 1. The number of hydrogen-bond donors (Lipinski definition) is 1. The summed E-state index contributed by atoms with van der Waals surface area (Å²) >= 11 is 0. The minimum Gasteiger partial charge on any atom is -0.405 e. The molecule has 1 saturated carbocycles. The Hall–Kier alpha value is -3.09. The zero-order valence-electron chi connectivity index (χ0n) is 14.0. The van der Waals surface area contributed by atoms with E-state index in [-0.39, 0.29) is 17.6 Å². The first-order chi connectivity index (χ1) is 12.9. The zero-order valence-corrected chi connectivity index (χ0v) is 14.0. The summed E-state index contributed by atoms with van der Waals surface area (Å²) in [4.78, 5) is 16.9. The first kappa shape index (κ1) is 17.3. The average molecular weight is 372 g/mol. The number of benzene rings is 2. The van der Waals surface area contributed by atoms with Gasteiger partial charge in [0.05, 0.1) is 11.2 Å². The van der Waals surface area contributed by atoms with E-state index in [0.717, 1.165) is 5.39 Å². The largest absolute Gasteiger partial charge is 0.573 e. The Morgan fingerprint density at radius 2 is 1.85 bits per heavy atom. The van der Waals surface area contributed by atoms with Gasteiger partial charge in [0.2, 0.25) is 5.91 Å². The number of para-hydroxylation sites is 2. The predicted molar refractivity (Wildman–Crippen MR) is 94.3 cm³/mol. The molecule has 7 heteroatoms. The summed E-state index contributed by atoms with van der Waals surface area (Å²) in [5.74, 6) is -1.19. The minimum atomic E-state index is -4.77. The number of halogens is 3. The SMILES string of the molecule is O=C(Nc1cccc2cccnc12)C1CC1c1ccccc1OC(F)(F)F. The van der Waals surface area contributed by atoms with E-state index in [0.29, 0.717) is 23.2 Å². The lowest BCUT2D eigenvalue weighted by Gasteiger charge is -2.13. The second-order valence-corrected chi connectivity index (χ2v) is 6.40. The first-order valence-corrected chi connectivity index (χ1v) is 8.42. The third kappa shape index (κ3) is 3.72. The highest BCUT2D eigenvalue weighted by Crippen LogP contribution is 2.51. The number of hydrogen-bond acceptors (Lipinski definition) is 3. The van der Waals surface area contributed by atoms with Crippen molar-refractivity contribution in [1.82, 2.24) is 4.98 Å². The molecule has 0 radical (unpaired) electrons. The third-order valence-corrected chi connectivity index (χ3v) is 4.56. The van der Waals surface area contributed by atoms with E-state index in [1.54, 1.807) is 24.4 Å². The van der Waals surface area contributed by atoms with Crippen molar-refractivity contribution in [3.05, 3.63) is 66.4 Å². The number of alkyl halides is 3. The Bertz CT molecular complexity index is 998. The van der Waals surface area contributed by atoms with Crippen LogP contribution in [0.3, 0.4) is 0 Å². The summed E-state index contributed by atoms with van der Waals surface area (Å²) in [5.41, 5.74) is 1.65. The topological polar surface area (TPSA) is 51.2 Å². The lowest BCUT2D eigenvalue weighted by Crippen LogP contribution is -2.18. The van der Waals surface area contributed by atoms with Crippen molar-refractivity contribution in [3.63, 3.8) is 0 Å². The van der Waals surface area contributed by atoms with Crippen molar-refractivity contribution in [2.45, 2.75) is 18.7 Å². The normalized spacial score (nSPS) is 18.9. The molecule has 2 atom stereocenters. The maximum absolute atomic E-state index is 12.6. The molecule has 1 aliphatic carbocycles. The molecule has 2 unspecified atom stereocenters. The molecule has 1 aliphatic rings. The van der Waals surface area contributed by atoms with Crippen LogP contribution < -0.4 is 10.1 Å². The van der Waals surface area contributed by atoms with Gasteiger partial charge in [-0.15, -0.1) is 13.2 Å². The number of carbonyl (C=O) groups excluding carboxylic acids is 1. The van der Waals surface area contributed by atoms with Gasteiger partial charge in [0.15, 0.2) is 0 Å². The molecule has 1 heterocycles. The number of fused-ring (bicyclic) bond motifs is 1. The van der Waals surface area contributed by atoms with Crippen LogP contribution >= 0.6 is 0 Å². The first-order valence-electron chi connectivity index (χ1n) is 8.42. The number of rotatable bonds is 4. The Balaban J connectivity index is 1.52. The fraction of sp³-hybridized carbons (Fsp3) is 0.200. The van der Waals surface area contributed by atoms with Gasteiger partial charge in [0.25, 0.3) is 0 Å². The lowest BCUT2D eigenvalue weighted by atomic mass is 10.1. The van der Waals surface area contributed by atoms with Gasteiger partial charge in [-0.25, -0.2) is 0 Å². The lowest BCUT2D eigenvalue weighted by molar-refractivity contribution is -0.274. The second kappa shape index (κ2) is 6.57. The molecule has 138 valence electrons. The van der Waals surface area contributed by atoms with Crippen molar-refractivity contribution in [1.29, 1.82) is 0 Å². The van der Waals surface area contributed by atoms with Gasteiger partial charge in [-0.05, 0) is 36.1 Å². The Labute approximate surface area is 153 Å². The highest BCUT2D eigenvalue weighted by molar-refractivity contribution is 6.02. The molecule has 1 aromatic heterocycles. The highest BCUT2D eigenvalue weighted by atomic mass is 19.4. The Morgan fingerprint density at radius 1 is 1.07 bits per heavy atom. The smallest absolute Gasteiger partial charge is 0.405 e. The monoisotopic (exact) mass is 372 g/mol. The zero-order chi connectivity index (χ0) is 19.0. The summed E-state index contributed by atoms with van der Waals surface area (Å²) < 4.78 is 41.9. The van der Waals surface area contributed by atoms with Gasteiger partial charge in [-0.2, -0.15) is 0 Å². The number of carbonyl (C=O) groups is 1. The molecule has 0 aliphatic heterocycles. The van der Waals surface area contributed by atoms with Crippen LogP contribution in [0.2, 0.25) is 0 Å². The number of aromatic nitrogens is 1. The van der Waals surface area contributed by atoms with Gasteiger partial charge in [0.1, 0.15) is 5.75 Å². The van der Waals surface area contributed by atoms with Crippen molar-refractivity contribution in [2.75, 3.05) is 5.32 Å². The van der Waals surface area contributed by atoms with E-state index < -0.39 is 12.3 Å². The van der Waals surface area contributed by atoms with Crippen molar-refractivity contribution >= 4 is 22.5 Å². The molecule has 2 aromatic carbocycles. The Kier molecular flexibility index (Phi) is 4.22. The van der Waals surface area contributed by atoms with E-state index >= 15 is 0 Å². The van der Waals surface area contributed by atoms with Crippen LogP contribution in [0.25, 0.3) is 10.9 Å². The minimum absolute atomic E-state index is 0.236. The fourth-order valence-corrected chi connectivity index (χ4v) is 3.26. The van der Waals surface area contributed by atoms with Crippen LogP contribution in [0.5, 0.6) is 5.75 Å². The quantitative estimate of drug-likeness (QED) is 0.710. The van der Waals surface area contributed by atoms with Crippen LogP contribution in [0.4, 0.5) is 18.9 Å². The molecule has 1 fully saturated rings. The number of ether oxygens (including phenoxy) is 1. The summed E-state index contributed by atoms with van der Waals surface area (Å²) in [5, 5.41) is 3.74. The van der Waals surface area contributed by atoms with E-state index in [9.17, 15) is 18.0 Å². The molecule has 0 spiro atoms. The van der Waals surface area contributed by atoms with E-state index in [1.807, 2.05) is 24.3 Å². The van der Waals surface area contributed by atoms with E-state index in [4.69, 9.17) is 0 Å². The number of nitrogens with one attached hydrogen (secondary N) is 1. The Morgan fingerprint density at radius 3 is 2.67 bits per heavy atom. The van der Waals surface area contributed by atoms with Gasteiger partial charge in [-0.3, -0.25) is 9.78 Å². The van der Waals surface area contributed by atoms with Gasteiger partial charge in [-0.1, -0.05) is 36.4 Å². The van der Waals surface area contributed by atoms with Gasteiger partial charge < -0.3 is 10.1 Å². The van der Waals surface area contributed by atoms with Crippen LogP contribution in [-0.4, -0.2) is 17.3 Å². The third-order valence-electron chi connectivity index (χ3n) is 4.56. The standard InChI is InChI=1S/C20H15F3N2O2/c21-20(22,23)27-17-9-2-1-7-13(17)14-11-15(14)19(26)25-16-8-3-5-12-6-4-10-24-18(12)16/h1-10,14-15H,11H2,(H,25,26). The second-order valence-electron chi connectivity index (χ2n) is 6.40. The van der Waals surface area contributed by atoms with E-state index in [2.05, 4.69) is 15.0 Å². The maximum Gasteiger partial charge on any atom is 0.573 e. The molecule has 4 nitrogen and oxygen atoms in total. The number of nitrogens with zero attached hydrogens (tertiary/aromatic N) is 1. The van der Waals surface area contributed by atoms with Crippen LogP contribution in [0, 0.1) is 5.92 Å². The summed E-state index contributed by atoms with van der Waals surface area (Å²) in [6, 6.07) is 15.1. The van der Waals surface area contributed by atoms with Crippen LogP contribution in [0.15, 0.2) is 60.8 Å². The van der Waals surface area contributed by atoms with Crippen molar-refractivity contribution < 1.29 is 22.7 Å². The average Bonchev–Trinajstić information content (AvgIpc) is 3.42. The number of anilines is 1. The molecule has 1 amide bonds. The number of amides is 1. The van der Waals surface area contributed by atoms with Gasteiger partial charge in [0, 0.05) is 17.5 Å².